The monoisotopic (exact) mass is 321 g/mol. The number of hydrogen-bond donors (Lipinski definition) is 1. The summed E-state index contributed by atoms with van der Waals surface area (Å²) in [5.41, 5.74) is 0.841. The van der Waals surface area contributed by atoms with Gasteiger partial charge in [0.1, 0.15) is 6.26 Å². The number of halogens is 1. The van der Waals surface area contributed by atoms with Crippen LogP contribution in [-0.4, -0.2) is 11.4 Å². The lowest BCUT2D eigenvalue weighted by atomic mass is 10.2. The standard InChI is InChI=1S/C15H13BrOS/c1-18(14-5-3-2-4-6-14)11-15(17)12-7-9-13(16)10-8-12/h2-11H,1H3/p+1/b15-11-. The van der Waals surface area contributed by atoms with Crippen LogP contribution in [0.4, 0.5) is 0 Å². The van der Waals surface area contributed by atoms with Gasteiger partial charge in [-0.15, -0.1) is 0 Å². The quantitative estimate of drug-likeness (QED) is 0.646. The fraction of sp³-hybridized carbons (Fsp3) is 0.0667. The summed E-state index contributed by atoms with van der Waals surface area (Å²) < 4.78 is 1.01. The number of aliphatic hydroxyl groups excluding tert-OH is 1. The van der Waals surface area contributed by atoms with Gasteiger partial charge in [0.25, 0.3) is 0 Å². The van der Waals surface area contributed by atoms with Gasteiger partial charge in [0, 0.05) is 10.0 Å². The minimum atomic E-state index is -0.0931. The summed E-state index contributed by atoms with van der Waals surface area (Å²) in [7, 11) is -0.0931. The molecule has 3 heteroatoms. The van der Waals surface area contributed by atoms with Crippen molar-refractivity contribution in [3.8, 4) is 0 Å². The molecule has 18 heavy (non-hydrogen) atoms. The third kappa shape index (κ3) is 3.40. The van der Waals surface area contributed by atoms with Gasteiger partial charge in [-0.25, -0.2) is 0 Å². The van der Waals surface area contributed by atoms with Crippen LogP contribution in [0.15, 0.2) is 69.4 Å². The molecule has 2 aromatic carbocycles. The summed E-state index contributed by atoms with van der Waals surface area (Å²) in [6, 6.07) is 17.8. The molecule has 2 rings (SSSR count). The van der Waals surface area contributed by atoms with Crippen molar-refractivity contribution in [2.45, 2.75) is 4.90 Å². The highest BCUT2D eigenvalue weighted by molar-refractivity contribution is 9.10. The van der Waals surface area contributed by atoms with E-state index in [2.05, 4.69) is 34.3 Å². The molecule has 1 atom stereocenters. The van der Waals surface area contributed by atoms with Gasteiger partial charge < -0.3 is 5.11 Å². The van der Waals surface area contributed by atoms with Gasteiger partial charge in [0.15, 0.2) is 16.1 Å². The summed E-state index contributed by atoms with van der Waals surface area (Å²) in [6.07, 6.45) is 2.10. The second kappa shape index (κ2) is 6.12. The topological polar surface area (TPSA) is 20.2 Å². The van der Waals surface area contributed by atoms with Crippen LogP contribution < -0.4 is 0 Å². The molecule has 0 radical (unpaired) electrons. The van der Waals surface area contributed by atoms with Crippen molar-refractivity contribution < 1.29 is 5.11 Å². The first kappa shape index (κ1) is 13.2. The average molecular weight is 322 g/mol. The zero-order chi connectivity index (χ0) is 13.0. The van der Waals surface area contributed by atoms with Crippen LogP contribution in [0.1, 0.15) is 5.56 Å². The molecule has 1 nitrogen and oxygen atoms in total. The molecule has 2 aromatic rings. The molecule has 0 saturated heterocycles. The van der Waals surface area contributed by atoms with E-state index >= 15 is 0 Å². The fourth-order valence-electron chi connectivity index (χ4n) is 1.56. The van der Waals surface area contributed by atoms with Crippen molar-refractivity contribution in [2.24, 2.45) is 0 Å². The molecule has 0 saturated carbocycles. The Hall–Kier alpha value is -1.19. The van der Waals surface area contributed by atoms with Crippen LogP contribution in [0.2, 0.25) is 0 Å². The van der Waals surface area contributed by atoms with E-state index in [9.17, 15) is 5.11 Å². The van der Waals surface area contributed by atoms with E-state index in [0.29, 0.717) is 5.76 Å². The van der Waals surface area contributed by atoms with Crippen LogP contribution in [0.3, 0.4) is 0 Å². The number of rotatable bonds is 3. The predicted octanol–water partition coefficient (Wildman–Crippen LogP) is 4.61. The summed E-state index contributed by atoms with van der Waals surface area (Å²) in [5.74, 6) is 0.331. The maximum absolute atomic E-state index is 10.1. The molecule has 1 N–H and O–H groups in total. The average Bonchev–Trinajstić information content (AvgIpc) is 2.40. The summed E-state index contributed by atoms with van der Waals surface area (Å²) in [4.78, 5) is 1.22. The Balaban J connectivity index is 2.20. The maximum Gasteiger partial charge on any atom is 0.171 e. The maximum atomic E-state index is 10.1. The third-order valence-electron chi connectivity index (χ3n) is 2.54. The molecule has 0 amide bonds. The summed E-state index contributed by atoms with van der Waals surface area (Å²) in [6.45, 7) is 0. The molecule has 0 aliphatic heterocycles. The first-order valence-electron chi connectivity index (χ1n) is 5.53. The summed E-state index contributed by atoms with van der Waals surface area (Å²) in [5, 5.41) is 12.0. The van der Waals surface area contributed by atoms with Crippen LogP contribution in [0, 0.1) is 0 Å². The smallest absolute Gasteiger partial charge is 0.171 e. The van der Waals surface area contributed by atoms with Crippen LogP contribution in [-0.2, 0) is 10.9 Å². The molecule has 0 heterocycles. The first-order valence-corrected chi connectivity index (χ1v) is 8.02. The van der Waals surface area contributed by atoms with Crippen molar-refractivity contribution in [1.82, 2.24) is 0 Å². The molecule has 0 aliphatic carbocycles. The van der Waals surface area contributed by atoms with E-state index in [4.69, 9.17) is 0 Å². The van der Waals surface area contributed by atoms with Crippen molar-refractivity contribution in [3.63, 3.8) is 0 Å². The lowest BCUT2D eigenvalue weighted by Gasteiger charge is -2.01. The van der Waals surface area contributed by atoms with E-state index in [1.165, 1.54) is 4.90 Å². The SMILES string of the molecule is C[S+](/C=C(\O)c1ccc(Br)cc1)c1ccccc1. The minimum absolute atomic E-state index is 0.0931. The Morgan fingerprint density at radius 1 is 1.06 bits per heavy atom. The third-order valence-corrected chi connectivity index (χ3v) is 4.66. The summed E-state index contributed by atoms with van der Waals surface area (Å²) >= 11 is 3.38. The Morgan fingerprint density at radius 2 is 1.67 bits per heavy atom. The minimum Gasteiger partial charge on any atom is -0.503 e. The molecule has 0 spiro atoms. The van der Waals surface area contributed by atoms with Crippen LogP contribution >= 0.6 is 15.9 Å². The van der Waals surface area contributed by atoms with E-state index in [1.54, 1.807) is 0 Å². The molecule has 92 valence electrons. The highest BCUT2D eigenvalue weighted by Crippen LogP contribution is 2.20. The Labute approximate surface area is 119 Å². The molecular weight excluding hydrogens is 308 g/mol. The zero-order valence-electron chi connectivity index (χ0n) is 10.0. The van der Waals surface area contributed by atoms with Crippen LogP contribution in [0.25, 0.3) is 5.76 Å². The zero-order valence-corrected chi connectivity index (χ0v) is 12.4. The molecular formula is C15H14BrOS+. The van der Waals surface area contributed by atoms with E-state index < -0.39 is 0 Å². The highest BCUT2D eigenvalue weighted by atomic mass is 79.9. The van der Waals surface area contributed by atoms with Gasteiger partial charge in [-0.1, -0.05) is 34.1 Å². The van der Waals surface area contributed by atoms with E-state index in [1.807, 2.05) is 47.9 Å². The van der Waals surface area contributed by atoms with Gasteiger partial charge in [0.2, 0.25) is 0 Å². The van der Waals surface area contributed by atoms with Gasteiger partial charge in [0.05, 0.1) is 10.9 Å². The van der Waals surface area contributed by atoms with Crippen LogP contribution in [0.5, 0.6) is 0 Å². The lowest BCUT2D eigenvalue weighted by molar-refractivity contribution is 0.513. The molecule has 0 fully saturated rings. The predicted molar refractivity (Wildman–Crippen MR) is 82.7 cm³/mol. The molecule has 0 bridgehead atoms. The highest BCUT2D eigenvalue weighted by Gasteiger charge is 2.14. The Kier molecular flexibility index (Phi) is 4.50. The Morgan fingerprint density at radius 3 is 2.28 bits per heavy atom. The normalized spacial score (nSPS) is 13.3. The molecule has 0 aromatic heterocycles. The second-order valence-corrected chi connectivity index (χ2v) is 6.62. The van der Waals surface area contributed by atoms with Crippen molar-refractivity contribution >= 4 is 32.6 Å². The van der Waals surface area contributed by atoms with Crippen molar-refractivity contribution in [3.05, 3.63) is 70.0 Å². The fourth-order valence-corrected chi connectivity index (χ4v) is 3.02. The van der Waals surface area contributed by atoms with Crippen molar-refractivity contribution in [2.75, 3.05) is 6.26 Å². The molecule has 0 aliphatic rings. The lowest BCUT2D eigenvalue weighted by Crippen LogP contribution is -1.96. The van der Waals surface area contributed by atoms with Gasteiger partial charge in [-0.2, -0.15) is 0 Å². The molecule has 1 unspecified atom stereocenters. The second-order valence-electron chi connectivity index (χ2n) is 3.88. The number of aliphatic hydroxyl groups is 1. The number of benzene rings is 2. The Bertz CT molecular complexity index is 534. The van der Waals surface area contributed by atoms with Gasteiger partial charge >= 0.3 is 0 Å². The van der Waals surface area contributed by atoms with Gasteiger partial charge in [-0.3, -0.25) is 0 Å². The van der Waals surface area contributed by atoms with E-state index in [0.717, 1.165) is 10.0 Å². The number of hydrogen-bond acceptors (Lipinski definition) is 1. The van der Waals surface area contributed by atoms with Gasteiger partial charge in [-0.05, 0) is 36.4 Å². The van der Waals surface area contributed by atoms with E-state index in [-0.39, 0.29) is 10.9 Å². The van der Waals surface area contributed by atoms with Crippen molar-refractivity contribution in [1.29, 1.82) is 0 Å². The largest absolute Gasteiger partial charge is 0.503 e. The first-order chi connectivity index (χ1) is 8.66.